The first kappa shape index (κ1) is 32.5. The molecule has 0 aromatic rings. The van der Waals surface area contributed by atoms with E-state index in [1.165, 1.54) is 120 Å². The molecule has 0 spiro atoms. The van der Waals surface area contributed by atoms with Crippen LogP contribution in [0.4, 0.5) is 0 Å². The van der Waals surface area contributed by atoms with Crippen LogP contribution < -0.4 is 17.0 Å². The van der Waals surface area contributed by atoms with Crippen LogP contribution in [0, 0.1) is 0 Å². The minimum absolute atomic E-state index is 0. The highest BCUT2D eigenvalue weighted by atomic mass is 35.5. The number of methoxy groups -OCH3 is 3. The molecule has 4 nitrogen and oxygen atoms in total. The molecular formula is C24H54ClNO3Si. The maximum absolute atomic E-state index is 5.33. The van der Waals surface area contributed by atoms with E-state index < -0.39 is 5.97 Å². The fourth-order valence-electron chi connectivity index (χ4n) is 4.17. The molecule has 184 valence electrons. The van der Waals surface area contributed by atoms with Crippen LogP contribution in [0.3, 0.4) is 0 Å². The molecular weight excluding hydrogens is 414 g/mol. The zero-order valence-electron chi connectivity index (χ0n) is 21.0. The number of hydrogen-bond acceptors (Lipinski definition) is 3. The molecule has 30 heavy (non-hydrogen) atoms. The van der Waals surface area contributed by atoms with Crippen LogP contribution in [-0.4, -0.2) is 50.8 Å². The van der Waals surface area contributed by atoms with Crippen LogP contribution in [0.25, 0.3) is 0 Å². The van der Waals surface area contributed by atoms with E-state index >= 15 is 0 Å². The van der Waals surface area contributed by atoms with Gasteiger partial charge in [0.1, 0.15) is 0 Å². The van der Waals surface area contributed by atoms with E-state index in [0.29, 0.717) is 0 Å². The summed E-state index contributed by atoms with van der Waals surface area (Å²) in [6, 6.07) is 0. The van der Waals surface area contributed by atoms with Crippen LogP contribution in [0.2, 0.25) is 0 Å². The predicted octanol–water partition coefficient (Wildman–Crippen LogP) is 1.40. The van der Waals surface area contributed by atoms with E-state index in [0.717, 1.165) is 12.8 Å². The molecule has 0 saturated carbocycles. The van der Waals surface area contributed by atoms with E-state index in [1.807, 2.05) is 4.57 Å². The second-order valence-corrected chi connectivity index (χ2v) is 10.2. The molecule has 0 aliphatic heterocycles. The van der Waals surface area contributed by atoms with Gasteiger partial charge < -0.3 is 31.2 Å². The third-order valence-electron chi connectivity index (χ3n) is 6.20. The van der Waals surface area contributed by atoms with Crippen molar-refractivity contribution in [2.24, 2.45) is 0 Å². The first-order valence-corrected chi connectivity index (χ1v) is 13.6. The van der Waals surface area contributed by atoms with Crippen molar-refractivity contribution < 1.29 is 31.2 Å². The Balaban J connectivity index is 0. The fourth-order valence-corrected chi connectivity index (χ4v) is 5.03. The van der Waals surface area contributed by atoms with Crippen molar-refractivity contribution in [1.82, 2.24) is 0 Å². The third kappa shape index (κ3) is 19.1. The Labute approximate surface area is 198 Å². The molecule has 6 heteroatoms. The largest absolute Gasteiger partial charge is 1.00 e. The number of halogens is 1. The highest BCUT2D eigenvalue weighted by Gasteiger charge is 2.28. The number of ether oxygens (including phenoxy) is 3. The maximum atomic E-state index is 5.33. The van der Waals surface area contributed by atoms with E-state index in [-0.39, 0.29) is 12.4 Å². The van der Waals surface area contributed by atoms with Gasteiger partial charge >= 0.3 is 0 Å². The van der Waals surface area contributed by atoms with Crippen molar-refractivity contribution in [1.29, 1.82) is 0 Å². The fraction of sp³-hybridized carbons (Fsp3) is 1.00. The molecule has 0 aliphatic rings. The van der Waals surface area contributed by atoms with E-state index in [2.05, 4.69) is 6.92 Å². The maximum Gasteiger partial charge on any atom is 0.282 e. The van der Waals surface area contributed by atoms with Crippen LogP contribution in [0.1, 0.15) is 116 Å². The van der Waals surface area contributed by atoms with Crippen molar-refractivity contribution in [2.75, 3.05) is 34.4 Å². The molecule has 1 unspecified atom stereocenters. The number of quaternary nitrogens is 1. The highest BCUT2D eigenvalue weighted by Crippen LogP contribution is 2.21. The molecule has 0 bridgehead atoms. The first-order valence-electron chi connectivity index (χ1n) is 12.6. The van der Waals surface area contributed by atoms with Gasteiger partial charge in [0.15, 0.2) is 0 Å². The summed E-state index contributed by atoms with van der Waals surface area (Å²) >= 11 is 0. The molecule has 0 heterocycles. The van der Waals surface area contributed by atoms with Gasteiger partial charge in [-0.15, -0.1) is 0 Å². The molecule has 1 N–H and O–H groups in total. The Bertz CT molecular complexity index is 325. The summed E-state index contributed by atoms with van der Waals surface area (Å²) in [5.74, 6) is -0.840. The van der Waals surface area contributed by atoms with Gasteiger partial charge in [-0.2, -0.15) is 0 Å². The van der Waals surface area contributed by atoms with Crippen LogP contribution in [0.5, 0.6) is 0 Å². The van der Waals surface area contributed by atoms with Crippen molar-refractivity contribution in [3.05, 3.63) is 0 Å². The van der Waals surface area contributed by atoms with Gasteiger partial charge in [-0.3, -0.25) is 0 Å². The van der Waals surface area contributed by atoms with Gasteiger partial charge in [0, 0.05) is 27.8 Å². The Morgan fingerprint density at radius 3 is 1.23 bits per heavy atom. The Morgan fingerprint density at radius 2 is 0.900 bits per heavy atom. The number of unbranched alkanes of at least 4 members (excludes halogenated alkanes) is 14. The lowest BCUT2D eigenvalue weighted by atomic mass is 10.0. The lowest BCUT2D eigenvalue weighted by Crippen LogP contribution is -3.10. The molecule has 0 rings (SSSR count). The van der Waals surface area contributed by atoms with Crippen molar-refractivity contribution in [3.63, 3.8) is 0 Å². The van der Waals surface area contributed by atoms with Crippen LogP contribution in [0.15, 0.2) is 0 Å². The molecule has 0 fully saturated rings. The standard InChI is InChI=1S/C24H53NO3Si.ClH/c1-5-22-25(29)23-20-18-16-14-12-10-8-6-7-9-11-13-15-17-19-21-24(26-2,27-3)28-4;/h5-23H2,1-4,29H3;1H. The van der Waals surface area contributed by atoms with Crippen molar-refractivity contribution in [3.8, 4) is 0 Å². The zero-order valence-corrected chi connectivity index (χ0v) is 23.8. The van der Waals surface area contributed by atoms with Gasteiger partial charge in [-0.05, 0) is 25.7 Å². The minimum Gasteiger partial charge on any atom is -1.00 e. The van der Waals surface area contributed by atoms with Crippen molar-refractivity contribution >= 4 is 10.4 Å². The lowest BCUT2D eigenvalue weighted by molar-refractivity contribution is -0.779. The first-order chi connectivity index (χ1) is 14.1. The normalized spacial score (nSPS) is 12.8. The quantitative estimate of drug-likeness (QED) is 0.140. The minimum atomic E-state index is -0.840. The molecule has 0 aromatic carbocycles. The zero-order chi connectivity index (χ0) is 21.6. The number of hydrogen-bond donors (Lipinski definition) is 1. The van der Waals surface area contributed by atoms with E-state index in [9.17, 15) is 0 Å². The molecule has 0 radical (unpaired) electrons. The third-order valence-corrected chi connectivity index (χ3v) is 7.20. The van der Waals surface area contributed by atoms with Gasteiger partial charge in [0.2, 0.25) is 10.4 Å². The summed E-state index contributed by atoms with van der Waals surface area (Å²) in [7, 11) is 6.25. The van der Waals surface area contributed by atoms with Crippen LogP contribution >= 0.6 is 0 Å². The van der Waals surface area contributed by atoms with Gasteiger partial charge in [0.05, 0.1) is 13.1 Å². The predicted molar refractivity (Wildman–Crippen MR) is 129 cm³/mol. The highest BCUT2D eigenvalue weighted by molar-refractivity contribution is 5.94. The average molecular weight is 468 g/mol. The number of nitrogens with one attached hydrogen (secondary N) is 1. The second kappa shape index (κ2) is 24.0. The SMILES string of the molecule is CCC[NH+]([SiH3])CCCCCCCCCCCCCCCCCC(OC)(OC)OC.[Cl-]. The lowest BCUT2D eigenvalue weighted by Gasteiger charge is -2.28. The Morgan fingerprint density at radius 1 is 0.567 bits per heavy atom. The smallest absolute Gasteiger partial charge is 0.282 e. The summed E-state index contributed by atoms with van der Waals surface area (Å²) < 4.78 is 17.8. The van der Waals surface area contributed by atoms with E-state index in [1.54, 1.807) is 21.3 Å². The average Bonchev–Trinajstić information content (AvgIpc) is 2.73. The summed E-state index contributed by atoms with van der Waals surface area (Å²) in [6.45, 7) is 5.12. The molecule has 1 atom stereocenters. The topological polar surface area (TPSA) is 32.1 Å². The second-order valence-electron chi connectivity index (χ2n) is 8.81. The molecule has 0 amide bonds. The molecule has 0 aromatic heterocycles. The molecule has 0 saturated heterocycles. The summed E-state index contributed by atoms with van der Waals surface area (Å²) in [4.78, 5) is 0. The Hall–Kier alpha value is 0.347. The van der Waals surface area contributed by atoms with Gasteiger partial charge in [0.25, 0.3) is 5.97 Å². The Kier molecular flexibility index (Phi) is 26.0. The summed E-state index contributed by atoms with van der Waals surface area (Å²) in [5, 5.41) is 0. The monoisotopic (exact) mass is 467 g/mol. The summed E-state index contributed by atoms with van der Waals surface area (Å²) in [6.07, 6.45) is 23.0. The summed E-state index contributed by atoms with van der Waals surface area (Å²) in [5.41, 5.74) is 0. The van der Waals surface area contributed by atoms with Crippen molar-refractivity contribution in [2.45, 2.75) is 122 Å². The van der Waals surface area contributed by atoms with Crippen LogP contribution in [-0.2, 0) is 14.2 Å². The van der Waals surface area contributed by atoms with E-state index in [4.69, 9.17) is 14.2 Å². The number of rotatable bonds is 23. The van der Waals surface area contributed by atoms with Gasteiger partial charge in [-0.25, -0.2) is 0 Å². The molecule has 0 aliphatic carbocycles. The van der Waals surface area contributed by atoms with Gasteiger partial charge in [-0.1, -0.05) is 84.0 Å².